The standard InChI is InChI=1S/C15H12Cl2FN/c16-12-3-1-10(2-4-12)7-19-8-11-5-13(18)6-15(17)14(11)9-19/h1-6H,7-9H2. The Kier molecular flexibility index (Phi) is 3.48. The van der Waals surface area contributed by atoms with Gasteiger partial charge in [-0.05, 0) is 41.0 Å². The lowest BCUT2D eigenvalue weighted by molar-refractivity contribution is 0.275. The maximum atomic E-state index is 13.3. The zero-order valence-electron chi connectivity index (χ0n) is 10.2. The Morgan fingerprint density at radius 3 is 2.53 bits per heavy atom. The molecule has 1 nitrogen and oxygen atoms in total. The molecule has 0 fully saturated rings. The van der Waals surface area contributed by atoms with Crippen molar-refractivity contribution >= 4 is 23.2 Å². The third-order valence-corrected chi connectivity index (χ3v) is 3.94. The van der Waals surface area contributed by atoms with Gasteiger partial charge in [0.15, 0.2) is 0 Å². The molecule has 2 aromatic rings. The van der Waals surface area contributed by atoms with Crippen molar-refractivity contribution in [3.63, 3.8) is 0 Å². The summed E-state index contributed by atoms with van der Waals surface area (Å²) in [6, 6.07) is 10.7. The van der Waals surface area contributed by atoms with Crippen LogP contribution in [0.15, 0.2) is 36.4 Å². The van der Waals surface area contributed by atoms with E-state index >= 15 is 0 Å². The van der Waals surface area contributed by atoms with Crippen LogP contribution in [0.2, 0.25) is 10.0 Å². The minimum absolute atomic E-state index is 0.267. The highest BCUT2D eigenvalue weighted by Gasteiger charge is 2.22. The maximum absolute atomic E-state index is 13.3. The minimum atomic E-state index is -0.267. The van der Waals surface area contributed by atoms with E-state index in [2.05, 4.69) is 4.90 Å². The van der Waals surface area contributed by atoms with E-state index in [1.807, 2.05) is 24.3 Å². The van der Waals surface area contributed by atoms with Crippen LogP contribution in [0.25, 0.3) is 0 Å². The number of hydrogen-bond donors (Lipinski definition) is 0. The third-order valence-electron chi connectivity index (χ3n) is 3.35. The van der Waals surface area contributed by atoms with Crippen LogP contribution < -0.4 is 0 Å². The van der Waals surface area contributed by atoms with Crippen LogP contribution in [0.1, 0.15) is 16.7 Å². The van der Waals surface area contributed by atoms with Gasteiger partial charge in [-0.3, -0.25) is 4.90 Å². The van der Waals surface area contributed by atoms with Crippen molar-refractivity contribution in [3.05, 3.63) is 69.0 Å². The Hall–Kier alpha value is -1.09. The molecule has 0 bridgehead atoms. The van der Waals surface area contributed by atoms with E-state index in [1.54, 1.807) is 6.07 Å². The van der Waals surface area contributed by atoms with E-state index in [4.69, 9.17) is 23.2 Å². The maximum Gasteiger partial charge on any atom is 0.125 e. The number of fused-ring (bicyclic) bond motifs is 1. The fourth-order valence-electron chi connectivity index (χ4n) is 2.46. The van der Waals surface area contributed by atoms with Gasteiger partial charge in [-0.1, -0.05) is 35.3 Å². The fourth-order valence-corrected chi connectivity index (χ4v) is 2.87. The molecule has 98 valence electrons. The summed E-state index contributed by atoms with van der Waals surface area (Å²) in [7, 11) is 0. The number of halogens is 3. The molecule has 0 N–H and O–H groups in total. The second-order valence-corrected chi connectivity index (χ2v) is 5.64. The van der Waals surface area contributed by atoms with Gasteiger partial charge in [0.1, 0.15) is 5.82 Å². The van der Waals surface area contributed by atoms with E-state index in [9.17, 15) is 4.39 Å². The first-order chi connectivity index (χ1) is 9.11. The molecule has 0 atom stereocenters. The average molecular weight is 296 g/mol. The van der Waals surface area contributed by atoms with Crippen molar-refractivity contribution in [1.82, 2.24) is 4.90 Å². The van der Waals surface area contributed by atoms with Crippen molar-refractivity contribution < 1.29 is 4.39 Å². The first kappa shape index (κ1) is 12.9. The van der Waals surface area contributed by atoms with Crippen molar-refractivity contribution in [2.24, 2.45) is 0 Å². The van der Waals surface area contributed by atoms with Gasteiger partial charge in [0.2, 0.25) is 0 Å². The Bertz CT molecular complexity index is 610. The second kappa shape index (κ2) is 5.12. The quantitative estimate of drug-likeness (QED) is 0.780. The van der Waals surface area contributed by atoms with Gasteiger partial charge in [0, 0.05) is 29.7 Å². The van der Waals surface area contributed by atoms with Crippen molar-refractivity contribution in [1.29, 1.82) is 0 Å². The van der Waals surface area contributed by atoms with E-state index in [1.165, 1.54) is 11.6 Å². The van der Waals surface area contributed by atoms with Gasteiger partial charge in [0.05, 0.1) is 0 Å². The molecule has 3 rings (SSSR count). The number of hydrogen-bond acceptors (Lipinski definition) is 1. The Labute approximate surface area is 121 Å². The van der Waals surface area contributed by atoms with E-state index < -0.39 is 0 Å². The molecule has 0 aromatic heterocycles. The summed E-state index contributed by atoms with van der Waals surface area (Å²) in [6.07, 6.45) is 0. The first-order valence-corrected chi connectivity index (χ1v) is 6.81. The highest BCUT2D eigenvalue weighted by molar-refractivity contribution is 6.31. The molecule has 1 heterocycles. The van der Waals surface area contributed by atoms with Crippen LogP contribution in [0, 0.1) is 5.82 Å². The van der Waals surface area contributed by atoms with Crippen LogP contribution in [0.5, 0.6) is 0 Å². The average Bonchev–Trinajstić information content (AvgIpc) is 2.75. The van der Waals surface area contributed by atoms with E-state index in [-0.39, 0.29) is 5.82 Å². The number of rotatable bonds is 2. The van der Waals surface area contributed by atoms with Gasteiger partial charge in [-0.2, -0.15) is 0 Å². The second-order valence-electron chi connectivity index (χ2n) is 4.80. The van der Waals surface area contributed by atoms with Crippen LogP contribution >= 0.6 is 23.2 Å². The van der Waals surface area contributed by atoms with Crippen LogP contribution in [-0.2, 0) is 19.6 Å². The van der Waals surface area contributed by atoms with E-state index in [0.717, 1.165) is 35.8 Å². The first-order valence-electron chi connectivity index (χ1n) is 6.05. The van der Waals surface area contributed by atoms with Crippen LogP contribution in [-0.4, -0.2) is 4.90 Å². The summed E-state index contributed by atoms with van der Waals surface area (Å²) in [5, 5.41) is 1.26. The zero-order valence-corrected chi connectivity index (χ0v) is 11.7. The molecular weight excluding hydrogens is 284 g/mol. The summed E-state index contributed by atoms with van der Waals surface area (Å²) < 4.78 is 13.3. The molecular formula is C15H12Cl2FN. The van der Waals surface area contributed by atoms with Crippen molar-refractivity contribution in [2.45, 2.75) is 19.6 Å². The van der Waals surface area contributed by atoms with Crippen LogP contribution in [0.4, 0.5) is 4.39 Å². The van der Waals surface area contributed by atoms with E-state index in [0.29, 0.717) is 5.02 Å². The molecule has 0 spiro atoms. The Morgan fingerprint density at radius 2 is 1.79 bits per heavy atom. The lowest BCUT2D eigenvalue weighted by atomic mass is 10.1. The number of nitrogens with zero attached hydrogens (tertiary/aromatic N) is 1. The lowest BCUT2D eigenvalue weighted by Gasteiger charge is -2.14. The molecule has 0 aliphatic carbocycles. The molecule has 19 heavy (non-hydrogen) atoms. The molecule has 4 heteroatoms. The van der Waals surface area contributed by atoms with Gasteiger partial charge >= 0.3 is 0 Å². The third kappa shape index (κ3) is 2.76. The zero-order chi connectivity index (χ0) is 13.4. The molecule has 0 saturated heterocycles. The summed E-state index contributed by atoms with van der Waals surface area (Å²) in [6.45, 7) is 2.30. The predicted octanol–water partition coefficient (Wildman–Crippen LogP) is 4.65. The highest BCUT2D eigenvalue weighted by Crippen LogP contribution is 2.31. The summed E-state index contributed by atoms with van der Waals surface area (Å²) in [4.78, 5) is 2.24. The molecule has 0 radical (unpaired) electrons. The van der Waals surface area contributed by atoms with Crippen molar-refractivity contribution in [2.75, 3.05) is 0 Å². The summed E-state index contributed by atoms with van der Waals surface area (Å²) in [5.41, 5.74) is 3.21. The molecule has 1 aliphatic heterocycles. The monoisotopic (exact) mass is 295 g/mol. The fraction of sp³-hybridized carbons (Fsp3) is 0.200. The highest BCUT2D eigenvalue weighted by atomic mass is 35.5. The number of benzene rings is 2. The molecule has 0 unspecified atom stereocenters. The minimum Gasteiger partial charge on any atom is -0.291 e. The Balaban J connectivity index is 1.77. The van der Waals surface area contributed by atoms with Gasteiger partial charge < -0.3 is 0 Å². The van der Waals surface area contributed by atoms with Gasteiger partial charge in [-0.15, -0.1) is 0 Å². The Morgan fingerprint density at radius 1 is 1.05 bits per heavy atom. The smallest absolute Gasteiger partial charge is 0.125 e. The van der Waals surface area contributed by atoms with Gasteiger partial charge in [-0.25, -0.2) is 4.39 Å². The predicted molar refractivity (Wildman–Crippen MR) is 75.8 cm³/mol. The summed E-state index contributed by atoms with van der Waals surface area (Å²) >= 11 is 11.9. The van der Waals surface area contributed by atoms with Crippen molar-refractivity contribution in [3.8, 4) is 0 Å². The molecule has 0 saturated carbocycles. The topological polar surface area (TPSA) is 3.24 Å². The van der Waals surface area contributed by atoms with Gasteiger partial charge in [0.25, 0.3) is 0 Å². The molecule has 0 amide bonds. The molecule has 1 aliphatic rings. The molecule has 2 aromatic carbocycles. The summed E-state index contributed by atoms with van der Waals surface area (Å²) in [5.74, 6) is -0.267. The lowest BCUT2D eigenvalue weighted by Crippen LogP contribution is -2.15. The SMILES string of the molecule is Fc1cc(Cl)c2c(c1)CN(Cc1ccc(Cl)cc1)C2. The largest absolute Gasteiger partial charge is 0.291 e. The normalized spacial score (nSPS) is 14.7. The van der Waals surface area contributed by atoms with Crippen LogP contribution in [0.3, 0.4) is 0 Å².